The van der Waals surface area contributed by atoms with E-state index in [0.717, 1.165) is 19.6 Å². The second-order valence-electron chi connectivity index (χ2n) is 6.34. The molecule has 1 heterocycles. The fourth-order valence-corrected chi connectivity index (χ4v) is 3.59. The lowest BCUT2D eigenvalue weighted by molar-refractivity contribution is -0.151. The van der Waals surface area contributed by atoms with E-state index in [-0.39, 0.29) is 16.2 Å². The molecule has 2 heteroatoms. The van der Waals surface area contributed by atoms with Gasteiger partial charge in [0.05, 0.1) is 13.2 Å². The molecular weight excluding hydrogens is 188 g/mol. The molecule has 0 unspecified atom stereocenters. The van der Waals surface area contributed by atoms with Crippen LogP contribution in [0.15, 0.2) is 0 Å². The van der Waals surface area contributed by atoms with E-state index in [2.05, 4.69) is 20.8 Å². The zero-order chi connectivity index (χ0) is 11.3. The Hall–Kier alpha value is -0.370. The van der Waals surface area contributed by atoms with Crippen molar-refractivity contribution in [3.63, 3.8) is 0 Å². The molecule has 86 valence electrons. The number of fused-ring (bicyclic) bond motifs is 2. The Kier molecular flexibility index (Phi) is 2.27. The summed E-state index contributed by atoms with van der Waals surface area (Å²) >= 11 is 0. The average Bonchev–Trinajstić information content (AvgIpc) is 2.26. The van der Waals surface area contributed by atoms with Gasteiger partial charge in [0.2, 0.25) is 0 Å². The number of hydrogen-bond donors (Lipinski definition) is 0. The van der Waals surface area contributed by atoms with E-state index in [1.807, 2.05) is 0 Å². The van der Waals surface area contributed by atoms with Crippen LogP contribution in [0.4, 0.5) is 0 Å². The summed E-state index contributed by atoms with van der Waals surface area (Å²) in [5.41, 5.74) is 0.594. The highest BCUT2D eigenvalue weighted by atomic mass is 16.5. The summed E-state index contributed by atoms with van der Waals surface area (Å²) in [7, 11) is 0. The molecular formula is C13H22O2. The molecule has 1 aliphatic carbocycles. The van der Waals surface area contributed by atoms with Gasteiger partial charge in [0.25, 0.3) is 0 Å². The third-order valence-electron chi connectivity index (χ3n) is 5.38. The first-order valence-electron chi connectivity index (χ1n) is 5.90. The van der Waals surface area contributed by atoms with Gasteiger partial charge < -0.3 is 9.53 Å². The molecule has 2 aliphatic rings. The van der Waals surface area contributed by atoms with E-state index in [1.54, 1.807) is 6.92 Å². The first kappa shape index (κ1) is 11.1. The van der Waals surface area contributed by atoms with Gasteiger partial charge in [-0.05, 0) is 30.6 Å². The van der Waals surface area contributed by atoms with Crippen LogP contribution >= 0.6 is 0 Å². The number of rotatable bonds is 2. The predicted octanol–water partition coefficient (Wildman–Crippen LogP) is 2.81. The summed E-state index contributed by atoms with van der Waals surface area (Å²) in [4.78, 5) is 11.4. The maximum Gasteiger partial charge on any atom is 0.130 e. The second-order valence-corrected chi connectivity index (χ2v) is 6.34. The molecule has 2 nitrogen and oxygen atoms in total. The monoisotopic (exact) mass is 210 g/mol. The molecule has 2 rings (SSSR count). The second kappa shape index (κ2) is 3.07. The number of ketones is 1. The van der Waals surface area contributed by atoms with Crippen LogP contribution in [0.5, 0.6) is 0 Å². The summed E-state index contributed by atoms with van der Waals surface area (Å²) in [6, 6.07) is 0. The van der Waals surface area contributed by atoms with Gasteiger partial charge in [-0.1, -0.05) is 20.8 Å². The zero-order valence-corrected chi connectivity index (χ0v) is 10.4. The van der Waals surface area contributed by atoms with Crippen molar-refractivity contribution < 1.29 is 9.53 Å². The van der Waals surface area contributed by atoms with Crippen LogP contribution in [0, 0.1) is 16.2 Å². The van der Waals surface area contributed by atoms with Crippen molar-refractivity contribution in [2.45, 2.75) is 47.0 Å². The highest BCUT2D eigenvalue weighted by molar-refractivity contribution is 5.76. The van der Waals surface area contributed by atoms with Crippen LogP contribution in [0.3, 0.4) is 0 Å². The molecule has 1 saturated carbocycles. The van der Waals surface area contributed by atoms with Crippen molar-refractivity contribution in [3.8, 4) is 0 Å². The van der Waals surface area contributed by atoms with Gasteiger partial charge in [-0.15, -0.1) is 0 Å². The lowest BCUT2D eigenvalue weighted by Gasteiger charge is -2.52. The van der Waals surface area contributed by atoms with Gasteiger partial charge in [-0.25, -0.2) is 0 Å². The average molecular weight is 210 g/mol. The summed E-state index contributed by atoms with van der Waals surface area (Å²) in [6.07, 6.45) is 3.04. The van der Waals surface area contributed by atoms with Gasteiger partial charge >= 0.3 is 0 Å². The number of carbonyl (C=O) groups is 1. The maximum atomic E-state index is 11.4. The Morgan fingerprint density at radius 1 is 1.20 bits per heavy atom. The Morgan fingerprint density at radius 3 is 2.47 bits per heavy atom. The third-order valence-corrected chi connectivity index (χ3v) is 5.38. The number of hydrogen-bond acceptors (Lipinski definition) is 2. The van der Waals surface area contributed by atoms with Crippen molar-refractivity contribution in [2.24, 2.45) is 16.2 Å². The number of carbonyl (C=O) groups excluding carboxylic acids is 1. The predicted molar refractivity (Wildman–Crippen MR) is 59.7 cm³/mol. The normalized spacial score (nSPS) is 42.9. The van der Waals surface area contributed by atoms with Crippen molar-refractivity contribution in [3.05, 3.63) is 0 Å². The maximum absolute atomic E-state index is 11.4. The lowest BCUT2D eigenvalue weighted by atomic mass is 9.56. The molecule has 15 heavy (non-hydrogen) atoms. The van der Waals surface area contributed by atoms with Gasteiger partial charge in [0.1, 0.15) is 5.78 Å². The SMILES string of the molecule is CC(=O)C[C@@]12CC[C@@](C)(COC1)C2(C)C. The van der Waals surface area contributed by atoms with E-state index in [9.17, 15) is 4.79 Å². The van der Waals surface area contributed by atoms with E-state index < -0.39 is 0 Å². The quantitative estimate of drug-likeness (QED) is 0.700. The van der Waals surface area contributed by atoms with Crippen molar-refractivity contribution in [1.29, 1.82) is 0 Å². The van der Waals surface area contributed by atoms with Crippen LogP contribution in [0.25, 0.3) is 0 Å². The van der Waals surface area contributed by atoms with E-state index in [4.69, 9.17) is 4.74 Å². The van der Waals surface area contributed by atoms with Gasteiger partial charge in [-0.2, -0.15) is 0 Å². The van der Waals surface area contributed by atoms with Gasteiger partial charge in [0, 0.05) is 11.8 Å². The molecule has 1 saturated heterocycles. The van der Waals surface area contributed by atoms with E-state index in [0.29, 0.717) is 12.2 Å². The Morgan fingerprint density at radius 2 is 1.87 bits per heavy atom. The Labute approximate surface area is 92.4 Å². The van der Waals surface area contributed by atoms with Crippen LogP contribution in [-0.4, -0.2) is 19.0 Å². The topological polar surface area (TPSA) is 26.3 Å². The summed E-state index contributed by atoms with van der Waals surface area (Å²) < 4.78 is 5.75. The van der Waals surface area contributed by atoms with Crippen molar-refractivity contribution in [2.75, 3.05) is 13.2 Å². The largest absolute Gasteiger partial charge is 0.380 e. The minimum atomic E-state index is 0.103. The molecule has 0 aromatic heterocycles. The molecule has 2 bridgehead atoms. The van der Waals surface area contributed by atoms with Gasteiger partial charge in [0.15, 0.2) is 0 Å². The Balaban J connectivity index is 2.36. The van der Waals surface area contributed by atoms with Crippen LogP contribution < -0.4 is 0 Å². The highest BCUT2D eigenvalue weighted by Gasteiger charge is 2.63. The Bertz CT molecular complexity index is 295. The van der Waals surface area contributed by atoms with Crippen LogP contribution in [-0.2, 0) is 9.53 Å². The zero-order valence-electron chi connectivity index (χ0n) is 10.4. The van der Waals surface area contributed by atoms with Crippen molar-refractivity contribution >= 4 is 5.78 Å². The third kappa shape index (κ3) is 1.30. The molecule has 0 aromatic rings. The fourth-order valence-electron chi connectivity index (χ4n) is 3.59. The van der Waals surface area contributed by atoms with E-state index >= 15 is 0 Å². The molecule has 0 amide bonds. The summed E-state index contributed by atoms with van der Waals surface area (Å²) in [5.74, 6) is 0.304. The first-order valence-corrected chi connectivity index (χ1v) is 5.90. The van der Waals surface area contributed by atoms with Crippen LogP contribution in [0.2, 0.25) is 0 Å². The molecule has 0 aromatic carbocycles. The molecule has 0 spiro atoms. The summed E-state index contributed by atoms with van der Waals surface area (Å²) in [5, 5.41) is 0. The minimum absolute atomic E-state index is 0.103. The first-order chi connectivity index (χ1) is 6.83. The highest BCUT2D eigenvalue weighted by Crippen LogP contribution is 2.66. The smallest absolute Gasteiger partial charge is 0.130 e. The number of Topliss-reactive ketones (excluding diaryl/α,β-unsaturated/α-hetero) is 1. The number of ether oxygens (including phenoxy) is 1. The summed E-state index contributed by atoms with van der Waals surface area (Å²) in [6.45, 7) is 10.3. The molecule has 0 radical (unpaired) electrons. The van der Waals surface area contributed by atoms with Gasteiger partial charge in [-0.3, -0.25) is 0 Å². The van der Waals surface area contributed by atoms with Crippen molar-refractivity contribution in [1.82, 2.24) is 0 Å². The van der Waals surface area contributed by atoms with E-state index in [1.165, 1.54) is 6.42 Å². The fraction of sp³-hybridized carbons (Fsp3) is 0.923. The molecule has 2 fully saturated rings. The lowest BCUT2D eigenvalue weighted by Crippen LogP contribution is -2.51. The standard InChI is InChI=1S/C13H22O2/c1-10(14)7-13-6-5-12(4,8-15-9-13)11(13,2)3/h5-9H2,1-4H3/t12-,13-/m0/s1. The minimum Gasteiger partial charge on any atom is -0.380 e. The molecule has 1 aliphatic heterocycles. The molecule has 2 atom stereocenters. The molecule has 0 N–H and O–H groups in total. The van der Waals surface area contributed by atoms with Crippen LogP contribution in [0.1, 0.15) is 47.0 Å².